The minimum Gasteiger partial charge on any atom is -0.479 e. The topological polar surface area (TPSA) is 108 Å². The monoisotopic (exact) mass is 567 g/mol. The fourth-order valence-electron chi connectivity index (χ4n) is 6.34. The number of carbonyl (C=O) groups excluding carboxylic acids is 2. The molecular formula is C32H42FN3O5. The Morgan fingerprint density at radius 1 is 1.22 bits per heavy atom. The van der Waals surface area contributed by atoms with E-state index in [-0.39, 0.29) is 24.4 Å². The SMILES string of the molecule is CCCCC(C1=CC=C(C(=O)NCC(OC)C(=O)O)CC1)N1C(=O)C(c2cccc(F)c2)=NC12CCC(CC)CC2. The minimum atomic E-state index is -1.14. The molecule has 1 aliphatic heterocycles. The number of hydrogen-bond acceptors (Lipinski definition) is 5. The molecule has 0 bridgehead atoms. The van der Waals surface area contributed by atoms with Crippen LogP contribution in [-0.4, -0.2) is 65.0 Å². The van der Waals surface area contributed by atoms with Gasteiger partial charge in [-0.15, -0.1) is 0 Å². The molecule has 2 amide bonds. The van der Waals surface area contributed by atoms with Gasteiger partial charge in [-0.25, -0.2) is 9.18 Å². The largest absolute Gasteiger partial charge is 0.479 e. The number of nitrogens with zero attached hydrogens (tertiary/aromatic N) is 2. The summed E-state index contributed by atoms with van der Waals surface area (Å²) >= 11 is 0. The number of rotatable bonds is 12. The van der Waals surface area contributed by atoms with Crippen LogP contribution in [0.5, 0.6) is 0 Å². The molecule has 2 unspecified atom stereocenters. The van der Waals surface area contributed by atoms with Crippen molar-refractivity contribution in [2.75, 3.05) is 13.7 Å². The van der Waals surface area contributed by atoms with Crippen LogP contribution in [0, 0.1) is 11.7 Å². The molecule has 1 aromatic carbocycles. The molecule has 0 radical (unpaired) electrons. The molecule has 0 saturated heterocycles. The number of ether oxygens (including phenoxy) is 1. The lowest BCUT2D eigenvalue weighted by atomic mass is 9.78. The molecule has 1 fully saturated rings. The first-order valence-electron chi connectivity index (χ1n) is 14.9. The first-order chi connectivity index (χ1) is 19.7. The normalized spacial score (nSPS) is 24.0. The Labute approximate surface area is 241 Å². The molecule has 1 heterocycles. The molecule has 8 nitrogen and oxygen atoms in total. The van der Waals surface area contributed by atoms with Crippen LogP contribution in [0.15, 0.2) is 52.6 Å². The van der Waals surface area contributed by atoms with Crippen LogP contribution in [0.4, 0.5) is 4.39 Å². The summed E-state index contributed by atoms with van der Waals surface area (Å²) in [7, 11) is 1.29. The molecule has 2 N–H and O–H groups in total. The number of carboxylic acid groups (broad SMARTS) is 1. The van der Waals surface area contributed by atoms with Crippen molar-refractivity contribution in [1.29, 1.82) is 0 Å². The molecule has 222 valence electrons. The minimum absolute atomic E-state index is 0.124. The molecule has 4 rings (SSSR count). The van der Waals surface area contributed by atoms with Gasteiger partial charge >= 0.3 is 5.97 Å². The number of amides is 2. The van der Waals surface area contributed by atoms with Crippen LogP contribution in [0.1, 0.15) is 83.6 Å². The zero-order chi connectivity index (χ0) is 29.6. The van der Waals surface area contributed by atoms with E-state index in [0.29, 0.717) is 35.6 Å². The van der Waals surface area contributed by atoms with Crippen molar-refractivity contribution in [3.63, 3.8) is 0 Å². The van der Waals surface area contributed by atoms with Crippen molar-refractivity contribution >= 4 is 23.5 Å². The van der Waals surface area contributed by atoms with Gasteiger partial charge in [0.05, 0.1) is 12.6 Å². The van der Waals surface area contributed by atoms with Crippen LogP contribution in [-0.2, 0) is 19.1 Å². The average Bonchev–Trinajstić information content (AvgIpc) is 3.25. The van der Waals surface area contributed by atoms with Crippen LogP contribution < -0.4 is 5.32 Å². The van der Waals surface area contributed by atoms with Crippen molar-refractivity contribution in [2.45, 2.75) is 95.9 Å². The van der Waals surface area contributed by atoms with Gasteiger partial charge in [0.25, 0.3) is 5.91 Å². The third-order valence-corrected chi connectivity index (χ3v) is 8.82. The second-order valence-corrected chi connectivity index (χ2v) is 11.3. The summed E-state index contributed by atoms with van der Waals surface area (Å²) in [5.41, 5.74) is 1.83. The molecule has 2 aliphatic carbocycles. The number of methoxy groups -OCH3 is 1. The molecular weight excluding hydrogens is 525 g/mol. The van der Waals surface area contributed by atoms with Crippen LogP contribution in [0.25, 0.3) is 0 Å². The fourth-order valence-corrected chi connectivity index (χ4v) is 6.34. The summed E-state index contributed by atoms with van der Waals surface area (Å²) in [6.45, 7) is 4.21. The van der Waals surface area contributed by atoms with Crippen LogP contribution in [0.2, 0.25) is 0 Å². The summed E-state index contributed by atoms with van der Waals surface area (Å²) < 4.78 is 19.1. The average molecular weight is 568 g/mol. The first-order valence-corrected chi connectivity index (χ1v) is 14.9. The Bertz CT molecular complexity index is 1230. The smallest absolute Gasteiger partial charge is 0.334 e. The fraction of sp³-hybridized carbons (Fsp3) is 0.562. The van der Waals surface area contributed by atoms with Gasteiger partial charge in [-0.1, -0.05) is 57.4 Å². The summed E-state index contributed by atoms with van der Waals surface area (Å²) in [5, 5.41) is 11.8. The highest BCUT2D eigenvalue weighted by Crippen LogP contribution is 2.45. The number of aliphatic carboxylic acids is 1. The lowest BCUT2D eigenvalue weighted by Crippen LogP contribution is -2.54. The van der Waals surface area contributed by atoms with Gasteiger partial charge in [0.15, 0.2) is 6.10 Å². The Hall–Kier alpha value is -3.33. The van der Waals surface area contributed by atoms with Gasteiger partial charge in [0.1, 0.15) is 17.2 Å². The quantitative estimate of drug-likeness (QED) is 0.362. The highest BCUT2D eigenvalue weighted by molar-refractivity contribution is 6.46. The summed E-state index contributed by atoms with van der Waals surface area (Å²) in [6, 6.07) is 5.95. The van der Waals surface area contributed by atoms with E-state index in [4.69, 9.17) is 14.8 Å². The maximum Gasteiger partial charge on any atom is 0.334 e. The van der Waals surface area contributed by atoms with Crippen molar-refractivity contribution in [3.05, 3.63) is 58.9 Å². The number of benzene rings is 1. The lowest BCUT2D eigenvalue weighted by Gasteiger charge is -2.46. The van der Waals surface area contributed by atoms with E-state index < -0.39 is 23.6 Å². The van der Waals surface area contributed by atoms with E-state index in [9.17, 15) is 18.8 Å². The Kier molecular flexibility index (Phi) is 10.1. The molecule has 3 aliphatic rings. The second kappa shape index (κ2) is 13.6. The van der Waals surface area contributed by atoms with Gasteiger partial charge < -0.3 is 20.1 Å². The highest BCUT2D eigenvalue weighted by Gasteiger charge is 2.52. The van der Waals surface area contributed by atoms with Gasteiger partial charge in [0, 0.05) is 18.2 Å². The van der Waals surface area contributed by atoms with E-state index in [1.165, 1.54) is 19.2 Å². The molecule has 0 aromatic heterocycles. The third-order valence-electron chi connectivity index (χ3n) is 8.82. The van der Waals surface area contributed by atoms with Crippen molar-refractivity contribution in [3.8, 4) is 0 Å². The number of hydrogen-bond donors (Lipinski definition) is 2. The standard InChI is InChI=1S/C32H42FN3O5/c1-4-6-10-26(22-11-13-23(14-12-22)29(37)34-20-27(41-3)31(39)40)36-30(38)28(24-8-7-9-25(33)19-24)35-32(36)17-15-21(5-2)16-18-32/h7-9,11,13,19,21,26-27H,4-6,10,12,14-18,20H2,1-3H3,(H,34,37)(H,39,40). The molecule has 1 saturated carbocycles. The van der Waals surface area contributed by atoms with Crippen molar-refractivity contribution in [1.82, 2.24) is 10.2 Å². The van der Waals surface area contributed by atoms with Crippen LogP contribution in [0.3, 0.4) is 0 Å². The Morgan fingerprint density at radius 2 is 1.98 bits per heavy atom. The molecule has 1 spiro atoms. The predicted octanol–water partition coefficient (Wildman–Crippen LogP) is 5.17. The van der Waals surface area contributed by atoms with Gasteiger partial charge in [0.2, 0.25) is 5.91 Å². The maximum atomic E-state index is 14.2. The molecule has 2 atom stereocenters. The molecule has 41 heavy (non-hydrogen) atoms. The number of carboxylic acids is 1. The number of allylic oxidation sites excluding steroid dienone is 2. The van der Waals surface area contributed by atoms with Crippen molar-refractivity contribution < 1.29 is 28.6 Å². The zero-order valence-corrected chi connectivity index (χ0v) is 24.3. The maximum absolute atomic E-state index is 14.2. The van der Waals surface area contributed by atoms with E-state index in [1.807, 2.05) is 11.0 Å². The summed E-state index contributed by atoms with van der Waals surface area (Å²) in [4.78, 5) is 45.3. The van der Waals surface area contributed by atoms with E-state index in [2.05, 4.69) is 19.2 Å². The molecule has 9 heteroatoms. The Morgan fingerprint density at radius 3 is 2.56 bits per heavy atom. The lowest BCUT2D eigenvalue weighted by molar-refractivity contribution is -0.148. The molecule has 1 aromatic rings. The number of halogens is 1. The number of unbranched alkanes of at least 4 members (excludes halogenated alkanes) is 1. The highest BCUT2D eigenvalue weighted by atomic mass is 19.1. The first kappa shape index (κ1) is 30.6. The van der Waals surface area contributed by atoms with E-state index >= 15 is 0 Å². The number of carbonyl (C=O) groups is 3. The Balaban J connectivity index is 1.63. The number of aliphatic imine (C=N–C) groups is 1. The van der Waals surface area contributed by atoms with E-state index in [0.717, 1.165) is 56.9 Å². The van der Waals surface area contributed by atoms with E-state index in [1.54, 1.807) is 18.2 Å². The van der Waals surface area contributed by atoms with Gasteiger partial charge in [-0.2, -0.15) is 0 Å². The van der Waals surface area contributed by atoms with Crippen LogP contribution >= 0.6 is 0 Å². The van der Waals surface area contributed by atoms with Gasteiger partial charge in [-0.05, 0) is 68.6 Å². The second-order valence-electron chi connectivity index (χ2n) is 11.3. The summed E-state index contributed by atoms with van der Waals surface area (Å²) in [6.07, 6.45) is 11.0. The number of nitrogens with one attached hydrogen (secondary N) is 1. The third kappa shape index (κ3) is 6.77. The zero-order valence-electron chi connectivity index (χ0n) is 24.3. The summed E-state index contributed by atoms with van der Waals surface area (Å²) in [5.74, 6) is -1.40. The van der Waals surface area contributed by atoms with Gasteiger partial charge in [-0.3, -0.25) is 14.6 Å². The predicted molar refractivity (Wildman–Crippen MR) is 155 cm³/mol. The van der Waals surface area contributed by atoms with Crippen molar-refractivity contribution in [2.24, 2.45) is 10.9 Å².